The molecule has 1 atom stereocenters. The average Bonchev–Trinajstić information content (AvgIpc) is 3.48. The zero-order chi connectivity index (χ0) is 26.2. The highest BCUT2D eigenvalue weighted by atomic mass is 16.6. The highest BCUT2D eigenvalue weighted by Crippen LogP contribution is 2.32. The molecule has 1 N–H and O–H groups in total. The van der Waals surface area contributed by atoms with E-state index in [-0.39, 0.29) is 18.0 Å². The number of carbonyl (C=O) groups excluding carboxylic acids is 2. The van der Waals surface area contributed by atoms with E-state index in [1.165, 1.54) is 0 Å². The fourth-order valence-corrected chi connectivity index (χ4v) is 4.73. The van der Waals surface area contributed by atoms with Gasteiger partial charge in [0.2, 0.25) is 5.91 Å². The number of hydrogen-bond donors (Lipinski definition) is 1. The smallest absolute Gasteiger partial charge is 0.410 e. The summed E-state index contributed by atoms with van der Waals surface area (Å²) in [5.41, 5.74) is 1.46. The van der Waals surface area contributed by atoms with Gasteiger partial charge in [0.25, 0.3) is 0 Å². The number of piperidine rings is 1. The van der Waals surface area contributed by atoms with Gasteiger partial charge in [-0.2, -0.15) is 0 Å². The summed E-state index contributed by atoms with van der Waals surface area (Å²) in [7, 11) is 1.56. The maximum absolute atomic E-state index is 12.5. The van der Waals surface area contributed by atoms with Crippen LogP contribution in [0, 0.1) is 0 Å². The van der Waals surface area contributed by atoms with E-state index in [0.717, 1.165) is 19.3 Å². The summed E-state index contributed by atoms with van der Waals surface area (Å²) in [5.74, 6) is 1.72. The van der Waals surface area contributed by atoms with Crippen LogP contribution < -0.4 is 15.0 Å². The Bertz CT molecular complexity index is 1320. The molecule has 2 amide bonds. The first-order chi connectivity index (χ1) is 17.7. The van der Waals surface area contributed by atoms with Crippen LogP contribution >= 0.6 is 0 Å². The van der Waals surface area contributed by atoms with E-state index in [2.05, 4.69) is 10.3 Å². The Morgan fingerprint density at radius 1 is 1.19 bits per heavy atom. The van der Waals surface area contributed by atoms with Crippen molar-refractivity contribution in [3.8, 4) is 17.1 Å². The van der Waals surface area contributed by atoms with Gasteiger partial charge in [-0.1, -0.05) is 6.07 Å². The first kappa shape index (κ1) is 24.8. The standard InChI is InChI=1S/C26H33N7O4/c1-26(2,3)37-25(35)31-12-6-8-17(16-31)28-21-10-5-9-18(29-21)19-15-27-22-14-20(36-4)24(30-33(19)22)32-13-7-11-23(32)34/h5,9-10,14-15,17H,6-8,11-13,16H2,1-4H3,(H,28,29). The van der Waals surface area contributed by atoms with Gasteiger partial charge >= 0.3 is 6.09 Å². The molecule has 196 valence electrons. The van der Waals surface area contributed by atoms with Crippen LogP contribution in [0.2, 0.25) is 0 Å². The van der Waals surface area contributed by atoms with Gasteiger partial charge in [0.05, 0.1) is 19.0 Å². The van der Waals surface area contributed by atoms with Crippen molar-refractivity contribution in [2.24, 2.45) is 0 Å². The SMILES string of the molecule is COc1cc2ncc(-c3cccc(NC4CCCN(C(=O)OC(C)(C)C)C4)n3)n2nc1N1CCCC1=O. The van der Waals surface area contributed by atoms with E-state index in [0.29, 0.717) is 60.5 Å². The minimum Gasteiger partial charge on any atom is -0.493 e. The summed E-state index contributed by atoms with van der Waals surface area (Å²) < 4.78 is 12.8. The lowest BCUT2D eigenvalue weighted by Gasteiger charge is -2.34. The molecular formula is C26H33N7O4. The van der Waals surface area contributed by atoms with E-state index < -0.39 is 5.60 Å². The number of carbonyl (C=O) groups is 2. The monoisotopic (exact) mass is 507 g/mol. The van der Waals surface area contributed by atoms with Crippen LogP contribution in [0.15, 0.2) is 30.5 Å². The molecule has 3 aromatic heterocycles. The molecule has 1 unspecified atom stereocenters. The Kier molecular flexibility index (Phi) is 6.61. The molecule has 0 aliphatic carbocycles. The van der Waals surface area contributed by atoms with Crippen LogP contribution in [0.1, 0.15) is 46.5 Å². The molecule has 5 heterocycles. The number of amides is 2. The number of nitrogens with one attached hydrogen (secondary N) is 1. The van der Waals surface area contributed by atoms with Crippen molar-refractivity contribution < 1.29 is 19.1 Å². The number of nitrogens with zero attached hydrogens (tertiary/aromatic N) is 6. The second-order valence-corrected chi connectivity index (χ2v) is 10.4. The number of fused-ring (bicyclic) bond motifs is 1. The number of aromatic nitrogens is 4. The summed E-state index contributed by atoms with van der Waals surface area (Å²) >= 11 is 0. The lowest BCUT2D eigenvalue weighted by molar-refractivity contribution is -0.117. The van der Waals surface area contributed by atoms with Gasteiger partial charge in [0.1, 0.15) is 17.1 Å². The molecule has 0 saturated carbocycles. The van der Waals surface area contributed by atoms with Crippen LogP contribution in [-0.2, 0) is 9.53 Å². The summed E-state index contributed by atoms with van der Waals surface area (Å²) in [5, 5.41) is 8.21. The third kappa shape index (κ3) is 5.30. The maximum Gasteiger partial charge on any atom is 0.410 e. The summed E-state index contributed by atoms with van der Waals surface area (Å²) in [4.78, 5) is 37.7. The Morgan fingerprint density at radius 3 is 2.76 bits per heavy atom. The predicted octanol–water partition coefficient (Wildman–Crippen LogP) is 3.74. The van der Waals surface area contributed by atoms with Crippen LogP contribution in [-0.4, -0.2) is 74.9 Å². The number of anilines is 2. The molecule has 37 heavy (non-hydrogen) atoms. The number of rotatable bonds is 5. The molecule has 3 aromatic rings. The van der Waals surface area contributed by atoms with E-state index in [4.69, 9.17) is 19.6 Å². The van der Waals surface area contributed by atoms with Crippen molar-refractivity contribution in [1.82, 2.24) is 24.5 Å². The lowest BCUT2D eigenvalue weighted by Crippen LogP contribution is -2.47. The summed E-state index contributed by atoms with van der Waals surface area (Å²) in [6.07, 6.45) is 4.53. The second kappa shape index (κ2) is 9.87. The zero-order valence-electron chi connectivity index (χ0n) is 21.7. The molecule has 0 radical (unpaired) electrons. The number of imidazole rings is 1. The highest BCUT2D eigenvalue weighted by Gasteiger charge is 2.29. The van der Waals surface area contributed by atoms with Crippen LogP contribution in [0.4, 0.5) is 16.4 Å². The largest absolute Gasteiger partial charge is 0.493 e. The number of methoxy groups -OCH3 is 1. The Labute approximate surface area is 215 Å². The predicted molar refractivity (Wildman–Crippen MR) is 139 cm³/mol. The minimum absolute atomic E-state index is 0.0315. The first-order valence-electron chi connectivity index (χ1n) is 12.7. The Morgan fingerprint density at radius 2 is 2.03 bits per heavy atom. The summed E-state index contributed by atoms with van der Waals surface area (Å²) in [6, 6.07) is 7.57. The fraction of sp³-hybridized carbons (Fsp3) is 0.500. The number of hydrogen-bond acceptors (Lipinski definition) is 8. The van der Waals surface area contributed by atoms with E-state index in [1.54, 1.807) is 33.7 Å². The minimum atomic E-state index is -0.526. The Balaban J connectivity index is 1.38. The molecule has 2 aliphatic heterocycles. The Hall–Kier alpha value is -3.89. The normalized spacial score (nSPS) is 18.4. The van der Waals surface area contributed by atoms with Gasteiger partial charge in [-0.05, 0) is 52.2 Å². The molecule has 2 aliphatic rings. The number of likely N-dealkylation sites (tertiary alicyclic amines) is 1. The number of ether oxygens (including phenoxy) is 2. The molecule has 2 fully saturated rings. The quantitative estimate of drug-likeness (QED) is 0.556. The third-order valence-electron chi connectivity index (χ3n) is 6.43. The zero-order valence-corrected chi connectivity index (χ0v) is 21.7. The molecule has 11 heteroatoms. The fourth-order valence-electron chi connectivity index (χ4n) is 4.73. The molecule has 0 spiro atoms. The van der Waals surface area contributed by atoms with Gasteiger partial charge in [0.15, 0.2) is 17.2 Å². The van der Waals surface area contributed by atoms with Crippen LogP contribution in [0.5, 0.6) is 5.75 Å². The van der Waals surface area contributed by atoms with Gasteiger partial charge in [-0.25, -0.2) is 19.3 Å². The molecular weight excluding hydrogens is 474 g/mol. The van der Waals surface area contributed by atoms with Gasteiger partial charge in [0, 0.05) is 38.2 Å². The third-order valence-corrected chi connectivity index (χ3v) is 6.43. The molecule has 11 nitrogen and oxygen atoms in total. The van der Waals surface area contributed by atoms with Gasteiger partial charge in [-0.3, -0.25) is 9.69 Å². The van der Waals surface area contributed by atoms with Gasteiger partial charge < -0.3 is 19.7 Å². The van der Waals surface area contributed by atoms with Crippen LogP contribution in [0.3, 0.4) is 0 Å². The molecule has 2 saturated heterocycles. The van der Waals surface area contributed by atoms with Crippen LogP contribution in [0.25, 0.3) is 17.0 Å². The van der Waals surface area contributed by atoms with Crippen molar-refractivity contribution >= 4 is 29.3 Å². The van der Waals surface area contributed by atoms with E-state index in [1.807, 2.05) is 39.0 Å². The van der Waals surface area contributed by atoms with Crippen molar-refractivity contribution in [2.45, 2.75) is 58.1 Å². The average molecular weight is 508 g/mol. The van der Waals surface area contributed by atoms with Crippen molar-refractivity contribution in [3.63, 3.8) is 0 Å². The topological polar surface area (TPSA) is 114 Å². The highest BCUT2D eigenvalue weighted by molar-refractivity contribution is 5.95. The molecule has 5 rings (SSSR count). The van der Waals surface area contributed by atoms with E-state index >= 15 is 0 Å². The number of pyridine rings is 1. The second-order valence-electron chi connectivity index (χ2n) is 10.4. The van der Waals surface area contributed by atoms with Crippen molar-refractivity contribution in [2.75, 3.05) is 37.0 Å². The first-order valence-corrected chi connectivity index (χ1v) is 12.7. The molecule has 0 aromatic carbocycles. The van der Waals surface area contributed by atoms with Crippen molar-refractivity contribution in [1.29, 1.82) is 0 Å². The van der Waals surface area contributed by atoms with Gasteiger partial charge in [-0.15, -0.1) is 5.10 Å². The summed E-state index contributed by atoms with van der Waals surface area (Å²) in [6.45, 7) is 7.45. The molecule has 0 bridgehead atoms. The van der Waals surface area contributed by atoms with Crippen molar-refractivity contribution in [3.05, 3.63) is 30.5 Å². The maximum atomic E-state index is 12.5. The lowest BCUT2D eigenvalue weighted by atomic mass is 10.1. The van der Waals surface area contributed by atoms with E-state index in [9.17, 15) is 9.59 Å².